The molecule has 180 valence electrons. The van der Waals surface area contributed by atoms with Crippen LogP contribution in [0.1, 0.15) is 12.5 Å². The van der Waals surface area contributed by atoms with Gasteiger partial charge in [0.1, 0.15) is 11.4 Å². The van der Waals surface area contributed by atoms with Crippen LogP contribution in [0.2, 0.25) is 10.0 Å². The third-order valence-electron chi connectivity index (χ3n) is 5.01. The molecule has 0 aliphatic heterocycles. The fraction of sp³-hybridized carbons (Fsp3) is 0.120. The Bertz CT molecular complexity index is 1470. The van der Waals surface area contributed by atoms with Crippen LogP contribution in [0, 0.1) is 0 Å². The Labute approximate surface area is 217 Å². The van der Waals surface area contributed by atoms with Crippen molar-refractivity contribution in [1.82, 2.24) is 4.98 Å². The first-order valence-corrected chi connectivity index (χ1v) is 13.8. The van der Waals surface area contributed by atoms with Crippen molar-refractivity contribution in [3.63, 3.8) is 0 Å². The molecular formula is C25H20Cl2N2O4S2. The number of ether oxygens (including phenoxy) is 1. The smallest absolute Gasteiger partial charge is 0.230 e. The number of carbonyl (C=O) groups excluding carboxylic acids is 1. The second kappa shape index (κ2) is 10.8. The minimum absolute atomic E-state index is 0.0183. The summed E-state index contributed by atoms with van der Waals surface area (Å²) in [4.78, 5) is 17.5. The van der Waals surface area contributed by atoms with Gasteiger partial charge in [-0.3, -0.25) is 4.79 Å². The summed E-state index contributed by atoms with van der Waals surface area (Å²) in [6.45, 7) is 1.59. The molecule has 6 nitrogen and oxygen atoms in total. The fourth-order valence-corrected chi connectivity index (χ4v) is 5.32. The van der Waals surface area contributed by atoms with Crippen molar-refractivity contribution in [2.24, 2.45) is 0 Å². The van der Waals surface area contributed by atoms with E-state index in [1.165, 1.54) is 23.5 Å². The normalized spacial score (nSPS) is 11.3. The van der Waals surface area contributed by atoms with Crippen LogP contribution in [-0.4, -0.2) is 25.1 Å². The SMILES string of the molecule is CCS(=O)(=O)c1ccc(CC(=O)Nc2nc(-c3cccc(Cl)c3)c(Oc3ccccc3Cl)s2)cc1. The zero-order valence-electron chi connectivity index (χ0n) is 18.5. The molecule has 0 spiro atoms. The summed E-state index contributed by atoms with van der Waals surface area (Å²) in [5.41, 5.74) is 1.92. The molecule has 0 saturated carbocycles. The first-order chi connectivity index (χ1) is 16.7. The molecule has 0 atom stereocenters. The average Bonchev–Trinajstić information content (AvgIpc) is 3.22. The maximum atomic E-state index is 12.7. The first kappa shape index (κ1) is 25.2. The Kier molecular flexibility index (Phi) is 7.76. The average molecular weight is 547 g/mol. The molecule has 1 heterocycles. The van der Waals surface area contributed by atoms with Crippen LogP contribution in [-0.2, 0) is 21.1 Å². The van der Waals surface area contributed by atoms with Crippen molar-refractivity contribution in [1.29, 1.82) is 0 Å². The van der Waals surface area contributed by atoms with Crippen molar-refractivity contribution >= 4 is 55.4 Å². The molecule has 1 N–H and O–H groups in total. The number of halogens is 2. The lowest BCUT2D eigenvalue weighted by Crippen LogP contribution is -2.14. The van der Waals surface area contributed by atoms with E-state index >= 15 is 0 Å². The van der Waals surface area contributed by atoms with Gasteiger partial charge in [0, 0.05) is 10.6 Å². The first-order valence-electron chi connectivity index (χ1n) is 10.6. The zero-order valence-corrected chi connectivity index (χ0v) is 21.6. The number of nitrogens with one attached hydrogen (secondary N) is 1. The van der Waals surface area contributed by atoms with Gasteiger partial charge < -0.3 is 10.1 Å². The van der Waals surface area contributed by atoms with E-state index in [4.69, 9.17) is 27.9 Å². The highest BCUT2D eigenvalue weighted by molar-refractivity contribution is 7.91. The van der Waals surface area contributed by atoms with E-state index in [1.807, 2.05) is 6.07 Å². The second-order valence-corrected chi connectivity index (χ2v) is 11.6. The van der Waals surface area contributed by atoms with Crippen molar-refractivity contribution in [3.8, 4) is 22.1 Å². The van der Waals surface area contributed by atoms with Gasteiger partial charge in [-0.05, 0) is 42.0 Å². The number of nitrogens with zero attached hydrogens (tertiary/aromatic N) is 1. The quantitative estimate of drug-likeness (QED) is 0.260. The largest absolute Gasteiger partial charge is 0.443 e. The Morgan fingerprint density at radius 3 is 2.46 bits per heavy atom. The number of para-hydroxylation sites is 1. The number of hydrogen-bond donors (Lipinski definition) is 1. The van der Waals surface area contributed by atoms with Gasteiger partial charge in [0.25, 0.3) is 0 Å². The van der Waals surface area contributed by atoms with Gasteiger partial charge in [0.2, 0.25) is 11.0 Å². The van der Waals surface area contributed by atoms with Gasteiger partial charge in [-0.15, -0.1) is 0 Å². The Hall–Kier alpha value is -2.91. The van der Waals surface area contributed by atoms with Crippen LogP contribution in [0.3, 0.4) is 0 Å². The molecule has 4 aromatic rings. The van der Waals surface area contributed by atoms with Gasteiger partial charge >= 0.3 is 0 Å². The molecule has 35 heavy (non-hydrogen) atoms. The lowest BCUT2D eigenvalue weighted by atomic mass is 10.1. The summed E-state index contributed by atoms with van der Waals surface area (Å²) in [5.74, 6) is 0.178. The number of thiazole rings is 1. The Balaban J connectivity index is 1.56. The maximum absolute atomic E-state index is 12.7. The number of benzene rings is 3. The van der Waals surface area contributed by atoms with Gasteiger partial charge in [0.15, 0.2) is 15.0 Å². The van der Waals surface area contributed by atoms with Crippen molar-refractivity contribution in [3.05, 3.63) is 88.4 Å². The summed E-state index contributed by atoms with van der Waals surface area (Å²) < 4.78 is 30.0. The predicted molar refractivity (Wildman–Crippen MR) is 141 cm³/mol. The van der Waals surface area contributed by atoms with E-state index in [1.54, 1.807) is 61.5 Å². The van der Waals surface area contributed by atoms with Gasteiger partial charge in [0.05, 0.1) is 22.1 Å². The van der Waals surface area contributed by atoms with Crippen molar-refractivity contribution in [2.45, 2.75) is 18.2 Å². The van der Waals surface area contributed by atoms with Gasteiger partial charge in [-0.1, -0.05) is 77.9 Å². The summed E-state index contributed by atoms with van der Waals surface area (Å²) in [7, 11) is -3.29. The molecule has 0 unspecified atom stereocenters. The standard InChI is InChI=1S/C25H20Cl2N2O4S2/c1-2-35(31,32)19-12-10-16(11-13-19)14-22(30)28-25-29-23(17-6-5-7-18(26)15-17)24(34-25)33-21-9-4-3-8-20(21)27/h3-13,15H,2,14H2,1H3,(H,28,29,30). The number of hydrogen-bond acceptors (Lipinski definition) is 6. The van der Waals surface area contributed by atoms with E-state index in [2.05, 4.69) is 10.3 Å². The molecule has 0 aliphatic carbocycles. The van der Waals surface area contributed by atoms with Gasteiger partial charge in [-0.25, -0.2) is 13.4 Å². The molecular weight excluding hydrogens is 527 g/mol. The molecule has 4 rings (SSSR count). The van der Waals surface area contributed by atoms with Crippen LogP contribution in [0.4, 0.5) is 5.13 Å². The summed E-state index contributed by atoms with van der Waals surface area (Å²) in [5, 5.41) is 4.57. The van der Waals surface area contributed by atoms with E-state index in [-0.39, 0.29) is 23.0 Å². The number of carbonyl (C=O) groups is 1. The molecule has 10 heteroatoms. The van der Waals surface area contributed by atoms with Crippen LogP contribution >= 0.6 is 34.5 Å². The Morgan fingerprint density at radius 1 is 1.03 bits per heavy atom. The summed E-state index contributed by atoms with van der Waals surface area (Å²) in [6, 6.07) is 20.5. The zero-order chi connectivity index (χ0) is 25.0. The number of sulfone groups is 1. The number of anilines is 1. The van der Waals surface area contributed by atoms with Crippen LogP contribution < -0.4 is 10.1 Å². The van der Waals surface area contributed by atoms with Crippen LogP contribution in [0.15, 0.2) is 77.7 Å². The monoisotopic (exact) mass is 546 g/mol. The van der Waals surface area contributed by atoms with Crippen LogP contribution in [0.25, 0.3) is 11.3 Å². The highest BCUT2D eigenvalue weighted by Crippen LogP contribution is 2.42. The molecule has 1 amide bonds. The number of amides is 1. The predicted octanol–water partition coefficient (Wildman–Crippen LogP) is 6.88. The molecule has 1 aromatic heterocycles. The van der Waals surface area contributed by atoms with Crippen molar-refractivity contribution < 1.29 is 17.9 Å². The third kappa shape index (κ3) is 6.21. The number of rotatable bonds is 8. The van der Waals surface area contributed by atoms with E-state index in [0.717, 1.165) is 5.56 Å². The van der Waals surface area contributed by atoms with Crippen molar-refractivity contribution in [2.75, 3.05) is 11.1 Å². The molecule has 0 bridgehead atoms. The molecule has 0 radical (unpaired) electrons. The van der Waals surface area contributed by atoms with Gasteiger partial charge in [-0.2, -0.15) is 0 Å². The summed E-state index contributed by atoms with van der Waals surface area (Å²) >= 11 is 13.6. The van der Waals surface area contributed by atoms with Crippen LogP contribution in [0.5, 0.6) is 10.8 Å². The lowest BCUT2D eigenvalue weighted by molar-refractivity contribution is -0.115. The molecule has 0 saturated heterocycles. The molecule has 0 fully saturated rings. The molecule has 3 aromatic carbocycles. The van der Waals surface area contributed by atoms with E-state index in [0.29, 0.717) is 37.2 Å². The Morgan fingerprint density at radius 2 is 1.77 bits per heavy atom. The fourth-order valence-electron chi connectivity index (χ4n) is 3.20. The highest BCUT2D eigenvalue weighted by Gasteiger charge is 2.19. The summed E-state index contributed by atoms with van der Waals surface area (Å²) in [6.07, 6.45) is 0.0548. The lowest BCUT2D eigenvalue weighted by Gasteiger charge is -2.07. The molecule has 0 aliphatic rings. The third-order valence-corrected chi connectivity index (χ3v) is 8.15. The second-order valence-electron chi connectivity index (χ2n) is 7.47. The maximum Gasteiger partial charge on any atom is 0.230 e. The van der Waals surface area contributed by atoms with E-state index in [9.17, 15) is 13.2 Å². The number of aromatic nitrogens is 1. The topological polar surface area (TPSA) is 85.4 Å². The minimum Gasteiger partial charge on any atom is -0.443 e. The highest BCUT2D eigenvalue weighted by atomic mass is 35.5. The van der Waals surface area contributed by atoms with E-state index < -0.39 is 9.84 Å². The minimum atomic E-state index is -3.29.